The summed E-state index contributed by atoms with van der Waals surface area (Å²) < 4.78 is 0. The fraction of sp³-hybridized carbons (Fsp3) is 0.857. The molecule has 0 aliphatic carbocycles. The van der Waals surface area contributed by atoms with Crippen molar-refractivity contribution in [2.45, 2.75) is 60.8 Å². The maximum absolute atomic E-state index is 4.21. The predicted octanol–water partition coefficient (Wildman–Crippen LogP) is 4.59. The van der Waals surface area contributed by atoms with Gasteiger partial charge in [0.05, 0.1) is 0 Å². The van der Waals surface area contributed by atoms with E-state index in [2.05, 4.69) is 37.7 Å². The molecule has 0 aromatic rings. The average molecular weight is 226 g/mol. The zero-order valence-electron chi connectivity index (χ0n) is 12.2. The van der Waals surface area contributed by atoms with E-state index in [-0.39, 0.29) is 0 Å². The highest BCUT2D eigenvalue weighted by Gasteiger charge is 2.06. The van der Waals surface area contributed by atoms with Crippen LogP contribution in [0.1, 0.15) is 60.8 Å². The van der Waals surface area contributed by atoms with Crippen LogP contribution in [-0.2, 0) is 0 Å². The van der Waals surface area contributed by atoms with Crippen molar-refractivity contribution in [1.29, 1.82) is 0 Å². The first-order chi connectivity index (χ1) is 7.57. The number of hydrogen-bond acceptors (Lipinski definition) is 1. The quantitative estimate of drug-likeness (QED) is 0.467. The minimum atomic E-state index is 0.796. The van der Waals surface area contributed by atoms with E-state index in [1.807, 2.05) is 13.8 Å². The van der Waals surface area contributed by atoms with Gasteiger partial charge >= 0.3 is 0 Å². The zero-order valence-corrected chi connectivity index (χ0v) is 12.2. The van der Waals surface area contributed by atoms with Crippen LogP contribution in [0.2, 0.25) is 0 Å². The Morgan fingerprint density at radius 3 is 2.19 bits per heavy atom. The summed E-state index contributed by atoms with van der Waals surface area (Å²) in [6.07, 6.45) is 5.27. The lowest BCUT2D eigenvalue weighted by molar-refractivity contribution is 0.385. The molecule has 1 unspecified atom stereocenters. The second-order valence-corrected chi connectivity index (χ2v) is 4.35. The molecule has 0 heterocycles. The van der Waals surface area contributed by atoms with Crippen LogP contribution < -0.4 is 0 Å². The van der Waals surface area contributed by atoms with Gasteiger partial charge in [-0.1, -0.05) is 41.0 Å². The van der Waals surface area contributed by atoms with E-state index in [0.29, 0.717) is 0 Å². The highest BCUT2D eigenvalue weighted by Crippen LogP contribution is 2.16. The van der Waals surface area contributed by atoms with E-state index >= 15 is 0 Å². The first kappa shape index (κ1) is 17.7. The van der Waals surface area contributed by atoms with E-state index in [1.54, 1.807) is 13.4 Å². The average Bonchev–Trinajstić information content (AvgIpc) is 2.28. The van der Waals surface area contributed by atoms with Crippen molar-refractivity contribution >= 4 is 12.1 Å². The topological polar surface area (TPSA) is 24.7 Å². The minimum absolute atomic E-state index is 0.796. The van der Waals surface area contributed by atoms with Crippen molar-refractivity contribution in [3.8, 4) is 0 Å². The van der Waals surface area contributed by atoms with Crippen molar-refractivity contribution < 1.29 is 0 Å². The van der Waals surface area contributed by atoms with E-state index < -0.39 is 0 Å². The molecule has 16 heavy (non-hydrogen) atoms. The molecule has 2 nitrogen and oxygen atoms in total. The summed E-state index contributed by atoms with van der Waals surface area (Å²) >= 11 is 0. The van der Waals surface area contributed by atoms with E-state index in [4.69, 9.17) is 0 Å². The molecule has 0 radical (unpaired) electrons. The van der Waals surface area contributed by atoms with Gasteiger partial charge in [0.25, 0.3) is 0 Å². The van der Waals surface area contributed by atoms with Crippen molar-refractivity contribution in [2.24, 2.45) is 21.8 Å². The molecular weight excluding hydrogens is 196 g/mol. The van der Waals surface area contributed by atoms with Crippen molar-refractivity contribution in [2.75, 3.05) is 7.05 Å². The maximum Gasteiger partial charge on any atom is 0.109 e. The maximum atomic E-state index is 4.21. The Morgan fingerprint density at radius 1 is 1.19 bits per heavy atom. The van der Waals surface area contributed by atoms with Gasteiger partial charge in [0.15, 0.2) is 0 Å². The molecule has 0 saturated heterocycles. The standard InChI is InChI=1S/C12H24N2.C2H6/c1-10(2)11(3)7-6-8-12(4)14-9-13-5;1-2/h9-11H,6-8H2,1-5H3;1-2H3. The van der Waals surface area contributed by atoms with Crippen LogP contribution in [0, 0.1) is 11.8 Å². The van der Waals surface area contributed by atoms with Gasteiger partial charge in [-0.3, -0.25) is 4.99 Å². The zero-order chi connectivity index (χ0) is 13.0. The van der Waals surface area contributed by atoms with Crippen LogP contribution in [0.4, 0.5) is 0 Å². The number of rotatable bonds is 6. The smallest absolute Gasteiger partial charge is 0.109 e. The largest absolute Gasteiger partial charge is 0.277 e. The Bertz CT molecular complexity index is 193. The van der Waals surface area contributed by atoms with Gasteiger partial charge in [0, 0.05) is 12.8 Å². The SMILES string of the molecule is CC.CN=CN=C(C)CCCC(C)C(C)C. The fourth-order valence-corrected chi connectivity index (χ4v) is 1.23. The minimum Gasteiger partial charge on any atom is -0.277 e. The highest BCUT2D eigenvalue weighted by molar-refractivity contribution is 5.88. The van der Waals surface area contributed by atoms with Crippen LogP contribution in [0.25, 0.3) is 0 Å². The third kappa shape index (κ3) is 11.4. The Balaban J connectivity index is 0. The fourth-order valence-electron chi connectivity index (χ4n) is 1.23. The number of aliphatic imine (C=N–C) groups is 2. The number of nitrogens with zero attached hydrogens (tertiary/aromatic N) is 2. The molecule has 0 amide bonds. The molecule has 0 rings (SSSR count). The summed E-state index contributed by atoms with van der Waals surface area (Å²) in [6, 6.07) is 0. The normalized spacial score (nSPS) is 13.9. The van der Waals surface area contributed by atoms with Gasteiger partial charge in [-0.05, 0) is 31.6 Å². The molecule has 0 bridgehead atoms. The van der Waals surface area contributed by atoms with Crippen molar-refractivity contribution in [3.63, 3.8) is 0 Å². The molecule has 0 saturated carbocycles. The predicted molar refractivity (Wildman–Crippen MR) is 76.7 cm³/mol. The molecule has 96 valence electrons. The van der Waals surface area contributed by atoms with Gasteiger partial charge < -0.3 is 0 Å². The van der Waals surface area contributed by atoms with Crippen LogP contribution in [0.3, 0.4) is 0 Å². The summed E-state index contributed by atoms with van der Waals surface area (Å²) in [4.78, 5) is 8.04. The third-order valence-electron chi connectivity index (χ3n) is 2.73. The van der Waals surface area contributed by atoms with Gasteiger partial charge in [0.2, 0.25) is 0 Å². The van der Waals surface area contributed by atoms with Gasteiger partial charge in [0.1, 0.15) is 6.34 Å². The molecule has 0 spiro atoms. The van der Waals surface area contributed by atoms with Gasteiger partial charge in [-0.25, -0.2) is 4.99 Å². The molecule has 0 fully saturated rings. The molecular formula is C14H30N2. The van der Waals surface area contributed by atoms with Crippen LogP contribution >= 0.6 is 0 Å². The molecule has 0 N–H and O–H groups in total. The Kier molecular flexibility index (Phi) is 13.7. The first-order valence-corrected chi connectivity index (χ1v) is 6.51. The Morgan fingerprint density at radius 2 is 1.75 bits per heavy atom. The summed E-state index contributed by atoms with van der Waals surface area (Å²) in [7, 11) is 1.75. The van der Waals surface area contributed by atoms with E-state index in [0.717, 1.165) is 18.3 Å². The number of hydrogen-bond donors (Lipinski definition) is 0. The van der Waals surface area contributed by atoms with Gasteiger partial charge in [-0.15, -0.1) is 0 Å². The second kappa shape index (κ2) is 12.4. The summed E-state index contributed by atoms with van der Waals surface area (Å²) in [6.45, 7) is 13.0. The van der Waals surface area contributed by atoms with E-state index in [1.165, 1.54) is 18.6 Å². The molecule has 0 aliphatic heterocycles. The van der Waals surface area contributed by atoms with Crippen molar-refractivity contribution in [1.82, 2.24) is 0 Å². The lowest BCUT2D eigenvalue weighted by Crippen LogP contribution is -2.04. The second-order valence-electron chi connectivity index (χ2n) is 4.35. The Hall–Kier alpha value is -0.660. The molecule has 0 aliphatic rings. The summed E-state index contributed by atoms with van der Waals surface area (Å²) in [5, 5.41) is 0. The summed E-state index contributed by atoms with van der Waals surface area (Å²) in [5.74, 6) is 1.62. The lowest BCUT2D eigenvalue weighted by atomic mass is 9.92. The molecule has 0 aromatic carbocycles. The Labute approximate surface area is 102 Å². The van der Waals surface area contributed by atoms with Crippen LogP contribution in [0.5, 0.6) is 0 Å². The van der Waals surface area contributed by atoms with Crippen molar-refractivity contribution in [3.05, 3.63) is 0 Å². The van der Waals surface area contributed by atoms with Crippen LogP contribution in [-0.4, -0.2) is 19.1 Å². The molecule has 2 heteroatoms. The first-order valence-electron chi connectivity index (χ1n) is 6.51. The highest BCUT2D eigenvalue weighted by atomic mass is 14.8. The van der Waals surface area contributed by atoms with Gasteiger partial charge in [-0.2, -0.15) is 0 Å². The lowest BCUT2D eigenvalue weighted by Gasteiger charge is -2.14. The monoisotopic (exact) mass is 226 g/mol. The summed E-state index contributed by atoms with van der Waals surface area (Å²) in [5.41, 5.74) is 1.19. The molecule has 1 atom stereocenters. The van der Waals surface area contributed by atoms with Crippen LogP contribution in [0.15, 0.2) is 9.98 Å². The molecule has 0 aromatic heterocycles. The third-order valence-corrected chi connectivity index (χ3v) is 2.73. The van der Waals surface area contributed by atoms with E-state index in [9.17, 15) is 0 Å².